The average Bonchev–Trinajstić information content (AvgIpc) is 2.12. The fourth-order valence-electron chi connectivity index (χ4n) is 1.07. The second-order valence-corrected chi connectivity index (χ2v) is 2.93. The van der Waals surface area contributed by atoms with Crippen molar-refractivity contribution in [2.24, 2.45) is 0 Å². The first-order valence-electron chi connectivity index (χ1n) is 4.20. The van der Waals surface area contributed by atoms with Crippen LogP contribution in [0.25, 0.3) is 0 Å². The Morgan fingerprint density at radius 3 is 2.19 bits per heavy atom. The molecule has 0 aliphatic heterocycles. The van der Waals surface area contributed by atoms with Gasteiger partial charge in [-0.15, -0.1) is 0 Å². The van der Waals surface area contributed by atoms with Crippen LogP contribution in [-0.4, -0.2) is 17.1 Å². The SMILES string of the molecule is O=C(O)NNC(=O)Cc1cc(F)cc(F)c1. The minimum atomic E-state index is -1.43. The summed E-state index contributed by atoms with van der Waals surface area (Å²) in [5, 5.41) is 8.17. The number of carbonyl (C=O) groups excluding carboxylic acids is 1. The maximum absolute atomic E-state index is 12.7. The van der Waals surface area contributed by atoms with E-state index in [0.29, 0.717) is 6.07 Å². The molecule has 3 N–H and O–H groups in total. The van der Waals surface area contributed by atoms with Gasteiger partial charge >= 0.3 is 6.09 Å². The minimum absolute atomic E-state index is 0.113. The summed E-state index contributed by atoms with van der Waals surface area (Å²) in [5.74, 6) is -2.31. The van der Waals surface area contributed by atoms with E-state index >= 15 is 0 Å². The van der Waals surface area contributed by atoms with E-state index in [4.69, 9.17) is 5.11 Å². The molecular formula is C9H8F2N2O3. The predicted molar refractivity (Wildman–Crippen MR) is 49.4 cm³/mol. The zero-order chi connectivity index (χ0) is 12.1. The van der Waals surface area contributed by atoms with E-state index in [9.17, 15) is 18.4 Å². The molecule has 1 rings (SSSR count). The Bertz CT molecular complexity index is 403. The molecule has 0 saturated heterocycles. The van der Waals surface area contributed by atoms with Crippen LogP contribution >= 0.6 is 0 Å². The topological polar surface area (TPSA) is 78.4 Å². The molecule has 7 heteroatoms. The van der Waals surface area contributed by atoms with Gasteiger partial charge in [-0.1, -0.05) is 0 Å². The Morgan fingerprint density at radius 2 is 1.69 bits per heavy atom. The van der Waals surface area contributed by atoms with E-state index in [1.165, 1.54) is 0 Å². The Labute approximate surface area is 89.0 Å². The number of halogens is 2. The summed E-state index contributed by atoms with van der Waals surface area (Å²) in [7, 11) is 0. The average molecular weight is 230 g/mol. The van der Waals surface area contributed by atoms with E-state index in [0.717, 1.165) is 12.1 Å². The number of rotatable bonds is 2. The molecule has 1 aromatic carbocycles. The van der Waals surface area contributed by atoms with Gasteiger partial charge in [-0.3, -0.25) is 10.2 Å². The highest BCUT2D eigenvalue weighted by Gasteiger charge is 2.07. The Morgan fingerprint density at radius 1 is 1.12 bits per heavy atom. The molecule has 0 aliphatic carbocycles. The number of hydrazine groups is 1. The maximum Gasteiger partial charge on any atom is 0.423 e. The molecule has 16 heavy (non-hydrogen) atoms. The molecule has 0 heterocycles. The normalized spacial score (nSPS) is 9.62. The molecular weight excluding hydrogens is 222 g/mol. The Hall–Kier alpha value is -2.18. The molecule has 0 saturated carbocycles. The quantitative estimate of drug-likeness (QED) is 0.658. The van der Waals surface area contributed by atoms with Gasteiger partial charge in [-0.25, -0.2) is 19.0 Å². The number of carboxylic acid groups (broad SMARTS) is 1. The summed E-state index contributed by atoms with van der Waals surface area (Å²) < 4.78 is 25.4. The highest BCUT2D eigenvalue weighted by atomic mass is 19.1. The molecule has 0 spiro atoms. The van der Waals surface area contributed by atoms with Crippen LogP contribution in [0.3, 0.4) is 0 Å². The van der Waals surface area contributed by atoms with Gasteiger partial charge in [0.25, 0.3) is 0 Å². The van der Waals surface area contributed by atoms with Crippen LogP contribution in [-0.2, 0) is 11.2 Å². The van der Waals surface area contributed by atoms with Crippen molar-refractivity contribution in [3.05, 3.63) is 35.4 Å². The van der Waals surface area contributed by atoms with Crippen molar-refractivity contribution in [1.82, 2.24) is 10.9 Å². The van der Waals surface area contributed by atoms with Crippen molar-refractivity contribution in [2.75, 3.05) is 0 Å². The van der Waals surface area contributed by atoms with Crippen LogP contribution in [0.4, 0.5) is 13.6 Å². The fourth-order valence-corrected chi connectivity index (χ4v) is 1.07. The molecule has 2 amide bonds. The lowest BCUT2D eigenvalue weighted by Crippen LogP contribution is -2.41. The fraction of sp³-hybridized carbons (Fsp3) is 0.111. The minimum Gasteiger partial charge on any atom is -0.464 e. The van der Waals surface area contributed by atoms with Crippen LogP contribution < -0.4 is 10.9 Å². The van der Waals surface area contributed by atoms with Gasteiger partial charge in [-0.05, 0) is 17.7 Å². The molecule has 86 valence electrons. The molecule has 0 fully saturated rings. The van der Waals surface area contributed by atoms with E-state index < -0.39 is 23.6 Å². The molecule has 0 unspecified atom stereocenters. The summed E-state index contributed by atoms with van der Waals surface area (Å²) in [6.07, 6.45) is -1.76. The van der Waals surface area contributed by atoms with Gasteiger partial charge in [0.15, 0.2) is 0 Å². The van der Waals surface area contributed by atoms with Crippen molar-refractivity contribution in [3.8, 4) is 0 Å². The van der Waals surface area contributed by atoms with Crippen LogP contribution in [0.2, 0.25) is 0 Å². The lowest BCUT2D eigenvalue weighted by Gasteiger charge is -2.04. The highest BCUT2D eigenvalue weighted by Crippen LogP contribution is 2.08. The highest BCUT2D eigenvalue weighted by molar-refractivity contribution is 5.80. The zero-order valence-electron chi connectivity index (χ0n) is 7.96. The number of benzene rings is 1. The van der Waals surface area contributed by atoms with Crippen LogP contribution in [0.1, 0.15) is 5.56 Å². The second-order valence-electron chi connectivity index (χ2n) is 2.93. The summed E-state index contributed by atoms with van der Waals surface area (Å²) in [4.78, 5) is 21.1. The molecule has 0 radical (unpaired) electrons. The standard InChI is InChI=1S/C9H8F2N2O3/c10-6-1-5(2-7(11)4-6)3-8(14)12-13-9(15)16/h1-2,4,13H,3H2,(H,12,14)(H,15,16). The lowest BCUT2D eigenvalue weighted by molar-refractivity contribution is -0.121. The van der Waals surface area contributed by atoms with Crippen LogP contribution in [0.5, 0.6) is 0 Å². The summed E-state index contributed by atoms with van der Waals surface area (Å²) in [5.41, 5.74) is 3.57. The van der Waals surface area contributed by atoms with Crippen LogP contribution in [0, 0.1) is 11.6 Å². The van der Waals surface area contributed by atoms with E-state index in [1.54, 1.807) is 5.43 Å². The van der Waals surface area contributed by atoms with E-state index in [1.807, 2.05) is 5.43 Å². The van der Waals surface area contributed by atoms with Crippen molar-refractivity contribution in [1.29, 1.82) is 0 Å². The summed E-state index contributed by atoms with van der Waals surface area (Å²) in [6, 6.07) is 2.66. The molecule has 0 aromatic heterocycles. The van der Waals surface area contributed by atoms with Crippen LogP contribution in [0.15, 0.2) is 18.2 Å². The molecule has 1 aromatic rings. The smallest absolute Gasteiger partial charge is 0.423 e. The first kappa shape index (κ1) is 11.9. The second kappa shape index (κ2) is 5.06. The van der Waals surface area contributed by atoms with Gasteiger partial charge in [0.1, 0.15) is 11.6 Å². The maximum atomic E-state index is 12.7. The van der Waals surface area contributed by atoms with Crippen molar-refractivity contribution < 1.29 is 23.5 Å². The molecule has 0 bridgehead atoms. The number of carbonyl (C=O) groups is 2. The summed E-state index contributed by atoms with van der Waals surface area (Å²) in [6.45, 7) is 0. The third kappa shape index (κ3) is 3.91. The van der Waals surface area contributed by atoms with E-state index in [2.05, 4.69) is 0 Å². The van der Waals surface area contributed by atoms with Gasteiger partial charge in [0.2, 0.25) is 5.91 Å². The first-order chi connectivity index (χ1) is 7.47. The van der Waals surface area contributed by atoms with Crippen molar-refractivity contribution in [2.45, 2.75) is 6.42 Å². The summed E-state index contributed by atoms with van der Waals surface area (Å²) >= 11 is 0. The third-order valence-corrected chi connectivity index (χ3v) is 1.60. The third-order valence-electron chi connectivity index (χ3n) is 1.60. The van der Waals surface area contributed by atoms with E-state index in [-0.39, 0.29) is 12.0 Å². The lowest BCUT2D eigenvalue weighted by atomic mass is 10.1. The van der Waals surface area contributed by atoms with Crippen molar-refractivity contribution in [3.63, 3.8) is 0 Å². The van der Waals surface area contributed by atoms with Crippen molar-refractivity contribution >= 4 is 12.0 Å². The number of amides is 2. The van der Waals surface area contributed by atoms with Gasteiger partial charge in [0.05, 0.1) is 6.42 Å². The largest absolute Gasteiger partial charge is 0.464 e. The number of hydrogen-bond acceptors (Lipinski definition) is 2. The first-order valence-corrected chi connectivity index (χ1v) is 4.20. The van der Waals surface area contributed by atoms with Gasteiger partial charge in [0, 0.05) is 6.07 Å². The Kier molecular flexibility index (Phi) is 3.76. The predicted octanol–water partition coefficient (Wildman–Crippen LogP) is 0.806. The Balaban J connectivity index is 2.59. The molecule has 5 nitrogen and oxygen atoms in total. The molecule has 0 aliphatic rings. The van der Waals surface area contributed by atoms with Gasteiger partial charge in [-0.2, -0.15) is 0 Å². The number of nitrogens with one attached hydrogen (secondary N) is 2. The zero-order valence-corrected chi connectivity index (χ0v) is 7.96. The molecule has 0 atom stereocenters. The van der Waals surface area contributed by atoms with Gasteiger partial charge < -0.3 is 5.11 Å². The number of hydrogen-bond donors (Lipinski definition) is 3. The monoisotopic (exact) mass is 230 g/mol.